The highest BCUT2D eigenvalue weighted by Crippen LogP contribution is 2.31. The number of hydrogen-bond donors (Lipinski definition) is 1. The summed E-state index contributed by atoms with van der Waals surface area (Å²) in [5.41, 5.74) is 0.897. The van der Waals surface area contributed by atoms with Gasteiger partial charge in [-0.1, -0.05) is 19.3 Å². The van der Waals surface area contributed by atoms with E-state index in [1.54, 1.807) is 14.0 Å². The molecule has 162 valence electrons. The van der Waals surface area contributed by atoms with E-state index in [1.807, 2.05) is 0 Å². The zero-order valence-electron chi connectivity index (χ0n) is 17.5. The average Bonchev–Trinajstić information content (AvgIpc) is 3.25. The molecule has 4 rings (SSSR count). The number of aryl methyl sites for hydroxylation is 1. The van der Waals surface area contributed by atoms with Crippen molar-refractivity contribution in [3.8, 4) is 0 Å². The normalized spacial score (nSPS) is 16.4. The predicted molar refractivity (Wildman–Crippen MR) is 111 cm³/mol. The van der Waals surface area contributed by atoms with Gasteiger partial charge in [-0.25, -0.2) is 4.79 Å². The summed E-state index contributed by atoms with van der Waals surface area (Å²) in [7, 11) is 1.59. The molecule has 1 saturated carbocycles. The quantitative estimate of drug-likeness (QED) is 0.584. The number of amides is 3. The van der Waals surface area contributed by atoms with Crippen molar-refractivity contribution < 1.29 is 23.9 Å². The van der Waals surface area contributed by atoms with Gasteiger partial charge in [-0.3, -0.25) is 24.0 Å². The summed E-state index contributed by atoms with van der Waals surface area (Å²) in [5, 5.41) is 6.66. The van der Waals surface area contributed by atoms with Gasteiger partial charge >= 0.3 is 5.97 Å². The van der Waals surface area contributed by atoms with E-state index >= 15 is 0 Å². The van der Waals surface area contributed by atoms with Crippen molar-refractivity contribution in [2.45, 2.75) is 45.1 Å². The average molecular weight is 424 g/mol. The van der Waals surface area contributed by atoms with Crippen LogP contribution in [0.2, 0.25) is 0 Å². The van der Waals surface area contributed by atoms with Crippen LogP contribution in [0.3, 0.4) is 0 Å². The summed E-state index contributed by atoms with van der Waals surface area (Å²) in [6, 6.07) is 4.38. The molecule has 1 fully saturated rings. The van der Waals surface area contributed by atoms with Gasteiger partial charge in [0.2, 0.25) is 0 Å². The molecular weight excluding hydrogens is 400 g/mol. The zero-order chi connectivity index (χ0) is 22.1. The molecule has 2 aliphatic rings. The highest BCUT2D eigenvalue weighted by Gasteiger charge is 2.40. The SMILES string of the molecule is CCOC(=O)c1cnn(C)c1NC(=O)c1ccc2c(c1)C(=O)N(C1CCCCC1)C2=O. The largest absolute Gasteiger partial charge is 0.462 e. The molecule has 2 heterocycles. The molecule has 0 saturated heterocycles. The van der Waals surface area contributed by atoms with Crippen molar-refractivity contribution in [2.75, 3.05) is 11.9 Å². The van der Waals surface area contributed by atoms with Crippen LogP contribution in [0.25, 0.3) is 0 Å². The number of fused-ring (bicyclic) bond motifs is 1. The van der Waals surface area contributed by atoms with Crippen molar-refractivity contribution in [3.05, 3.63) is 46.6 Å². The number of ether oxygens (including phenoxy) is 1. The van der Waals surface area contributed by atoms with Gasteiger partial charge < -0.3 is 10.1 Å². The third kappa shape index (κ3) is 3.71. The van der Waals surface area contributed by atoms with Crippen molar-refractivity contribution in [2.24, 2.45) is 7.05 Å². The Morgan fingerprint density at radius 2 is 1.84 bits per heavy atom. The number of hydrogen-bond acceptors (Lipinski definition) is 6. The molecule has 3 amide bonds. The maximum atomic E-state index is 13.0. The number of benzene rings is 1. The smallest absolute Gasteiger partial charge is 0.343 e. The van der Waals surface area contributed by atoms with Crippen LogP contribution in [-0.2, 0) is 11.8 Å². The molecule has 2 aromatic rings. The van der Waals surface area contributed by atoms with Crippen LogP contribution in [0.4, 0.5) is 5.82 Å². The molecule has 0 unspecified atom stereocenters. The van der Waals surface area contributed by atoms with E-state index < -0.39 is 11.9 Å². The Kier molecular flexibility index (Phi) is 5.58. The maximum Gasteiger partial charge on any atom is 0.343 e. The Labute approximate surface area is 179 Å². The van der Waals surface area contributed by atoms with Crippen LogP contribution in [-0.4, -0.2) is 51.0 Å². The fourth-order valence-electron chi connectivity index (χ4n) is 4.20. The Morgan fingerprint density at radius 3 is 2.55 bits per heavy atom. The number of carbonyl (C=O) groups excluding carboxylic acids is 4. The van der Waals surface area contributed by atoms with E-state index in [-0.39, 0.29) is 47.0 Å². The second-order valence-corrected chi connectivity index (χ2v) is 7.74. The molecule has 1 aliphatic heterocycles. The molecule has 31 heavy (non-hydrogen) atoms. The topological polar surface area (TPSA) is 111 Å². The van der Waals surface area contributed by atoms with Crippen molar-refractivity contribution in [1.29, 1.82) is 0 Å². The number of carbonyl (C=O) groups is 4. The van der Waals surface area contributed by atoms with E-state index in [9.17, 15) is 19.2 Å². The molecule has 0 atom stereocenters. The number of rotatable bonds is 5. The van der Waals surface area contributed by atoms with Gasteiger partial charge in [0.15, 0.2) is 0 Å². The maximum absolute atomic E-state index is 13.0. The first-order chi connectivity index (χ1) is 14.9. The molecule has 0 radical (unpaired) electrons. The molecular formula is C22H24N4O5. The van der Waals surface area contributed by atoms with Gasteiger partial charge in [-0.15, -0.1) is 0 Å². The Balaban J connectivity index is 1.57. The second-order valence-electron chi connectivity index (χ2n) is 7.74. The monoisotopic (exact) mass is 424 g/mol. The van der Waals surface area contributed by atoms with Gasteiger partial charge in [0.25, 0.3) is 17.7 Å². The minimum absolute atomic E-state index is 0.0833. The van der Waals surface area contributed by atoms with Gasteiger partial charge in [-0.05, 0) is 38.0 Å². The first-order valence-electron chi connectivity index (χ1n) is 10.4. The van der Waals surface area contributed by atoms with Crippen molar-refractivity contribution >= 4 is 29.5 Å². The summed E-state index contributed by atoms with van der Waals surface area (Å²) >= 11 is 0. The third-order valence-corrected chi connectivity index (χ3v) is 5.79. The molecule has 0 spiro atoms. The fourth-order valence-corrected chi connectivity index (χ4v) is 4.20. The van der Waals surface area contributed by atoms with Crippen molar-refractivity contribution in [3.63, 3.8) is 0 Å². The van der Waals surface area contributed by atoms with Gasteiger partial charge in [-0.2, -0.15) is 5.10 Å². The molecule has 1 aliphatic carbocycles. The van der Waals surface area contributed by atoms with Crippen LogP contribution in [0, 0.1) is 0 Å². The summed E-state index contributed by atoms with van der Waals surface area (Å²) in [6.07, 6.45) is 6.07. The lowest BCUT2D eigenvalue weighted by Crippen LogP contribution is -2.40. The van der Waals surface area contributed by atoms with E-state index in [0.717, 1.165) is 32.1 Å². The highest BCUT2D eigenvalue weighted by molar-refractivity contribution is 6.22. The minimum Gasteiger partial charge on any atom is -0.462 e. The number of nitrogens with zero attached hydrogens (tertiary/aromatic N) is 3. The summed E-state index contributed by atoms with van der Waals surface area (Å²) in [5.74, 6) is -1.57. The van der Waals surface area contributed by atoms with E-state index in [2.05, 4.69) is 10.4 Å². The van der Waals surface area contributed by atoms with Crippen LogP contribution in [0.5, 0.6) is 0 Å². The number of nitrogens with one attached hydrogen (secondary N) is 1. The van der Waals surface area contributed by atoms with Crippen LogP contribution in [0.1, 0.15) is 80.5 Å². The molecule has 9 heteroatoms. The number of anilines is 1. The van der Waals surface area contributed by atoms with Gasteiger partial charge in [0, 0.05) is 18.7 Å². The lowest BCUT2D eigenvalue weighted by molar-refractivity contribution is 0.0522. The lowest BCUT2D eigenvalue weighted by atomic mass is 9.94. The number of aromatic nitrogens is 2. The summed E-state index contributed by atoms with van der Waals surface area (Å²) in [4.78, 5) is 52.1. The number of imide groups is 1. The predicted octanol–water partition coefficient (Wildman–Crippen LogP) is 2.78. The van der Waals surface area contributed by atoms with E-state index in [4.69, 9.17) is 4.74 Å². The first-order valence-corrected chi connectivity index (χ1v) is 10.4. The standard InChI is InChI=1S/C22H24N4O5/c1-3-31-22(30)17-12-23-25(2)18(17)24-19(27)13-9-10-15-16(11-13)21(29)26(20(15)28)14-7-5-4-6-8-14/h9-12,14H,3-8H2,1-2H3,(H,24,27). The van der Waals surface area contributed by atoms with Crippen molar-refractivity contribution in [1.82, 2.24) is 14.7 Å². The van der Waals surface area contributed by atoms with Crippen LogP contribution < -0.4 is 5.32 Å². The Morgan fingerprint density at radius 1 is 1.13 bits per heavy atom. The van der Waals surface area contributed by atoms with Crippen LogP contribution >= 0.6 is 0 Å². The highest BCUT2D eigenvalue weighted by atomic mass is 16.5. The first kappa shape index (κ1) is 20.8. The molecule has 9 nitrogen and oxygen atoms in total. The van der Waals surface area contributed by atoms with E-state index in [1.165, 1.54) is 34.0 Å². The zero-order valence-corrected chi connectivity index (χ0v) is 17.5. The summed E-state index contributed by atoms with van der Waals surface area (Å²) < 4.78 is 6.35. The molecule has 1 aromatic carbocycles. The molecule has 0 bridgehead atoms. The van der Waals surface area contributed by atoms with E-state index in [0.29, 0.717) is 5.56 Å². The molecule has 1 aromatic heterocycles. The fraction of sp³-hybridized carbons (Fsp3) is 0.409. The Bertz CT molecular complexity index is 1070. The van der Waals surface area contributed by atoms with Gasteiger partial charge in [0.05, 0.1) is 23.9 Å². The van der Waals surface area contributed by atoms with Gasteiger partial charge in [0.1, 0.15) is 11.4 Å². The minimum atomic E-state index is -0.594. The Hall–Kier alpha value is -3.49. The number of esters is 1. The third-order valence-electron chi connectivity index (χ3n) is 5.79. The lowest BCUT2D eigenvalue weighted by Gasteiger charge is -2.29. The van der Waals surface area contributed by atoms with Crippen LogP contribution in [0.15, 0.2) is 24.4 Å². The molecule has 1 N–H and O–H groups in total. The second kappa shape index (κ2) is 8.33. The summed E-state index contributed by atoms with van der Waals surface area (Å²) in [6.45, 7) is 1.88.